The quantitative estimate of drug-likeness (QED) is 0.695. The summed E-state index contributed by atoms with van der Waals surface area (Å²) in [5.74, 6) is 0.244. The second-order valence-corrected chi connectivity index (χ2v) is 4.33. The average Bonchev–Trinajstić information content (AvgIpc) is 2.86. The van der Waals surface area contributed by atoms with E-state index in [1.807, 2.05) is 12.1 Å². The molecule has 0 saturated heterocycles. The van der Waals surface area contributed by atoms with E-state index in [2.05, 4.69) is 31.0 Å². The first-order valence-corrected chi connectivity index (χ1v) is 5.99. The van der Waals surface area contributed by atoms with Gasteiger partial charge in [0.1, 0.15) is 16.6 Å². The van der Waals surface area contributed by atoms with Crippen molar-refractivity contribution < 1.29 is 13.9 Å². The first-order chi connectivity index (χ1) is 8.69. The molecule has 0 amide bonds. The summed E-state index contributed by atoms with van der Waals surface area (Å²) < 4.78 is 10.6. The van der Waals surface area contributed by atoms with Crippen LogP contribution < -0.4 is 5.32 Å². The van der Waals surface area contributed by atoms with Crippen molar-refractivity contribution in [2.75, 3.05) is 12.4 Å². The number of furan rings is 1. The van der Waals surface area contributed by atoms with Crippen LogP contribution in [0.4, 0.5) is 5.69 Å². The van der Waals surface area contributed by atoms with E-state index in [-0.39, 0.29) is 0 Å². The van der Waals surface area contributed by atoms with E-state index in [0.29, 0.717) is 17.9 Å². The third kappa shape index (κ3) is 3.10. The van der Waals surface area contributed by atoms with Gasteiger partial charge in [-0.15, -0.1) is 0 Å². The fraction of sp³-hybridized carbons (Fsp3) is 0.167. The van der Waals surface area contributed by atoms with Gasteiger partial charge >= 0.3 is 5.97 Å². The van der Waals surface area contributed by atoms with Crippen molar-refractivity contribution in [3.05, 3.63) is 46.6 Å². The Morgan fingerprint density at radius 3 is 3.06 bits per heavy atom. The highest BCUT2D eigenvalue weighted by Crippen LogP contribution is 2.13. The highest BCUT2D eigenvalue weighted by molar-refractivity contribution is 9.10. The summed E-state index contributed by atoms with van der Waals surface area (Å²) in [6.07, 6.45) is 3.08. The lowest BCUT2D eigenvalue weighted by Crippen LogP contribution is -2.00. The van der Waals surface area contributed by atoms with Crippen LogP contribution >= 0.6 is 15.9 Å². The van der Waals surface area contributed by atoms with Crippen LogP contribution in [0.25, 0.3) is 0 Å². The van der Waals surface area contributed by atoms with Crippen LogP contribution in [-0.2, 0) is 11.3 Å². The summed E-state index contributed by atoms with van der Waals surface area (Å²) in [4.78, 5) is 15.3. The number of anilines is 1. The standard InChI is InChI=1S/C12H11BrN2O3/c1-17-12(16)8-4-10(18-7-8)6-14-9-2-3-11(13)15-5-9/h2-5,7,14H,6H2,1H3. The van der Waals surface area contributed by atoms with Gasteiger partial charge in [-0.2, -0.15) is 0 Å². The van der Waals surface area contributed by atoms with Gasteiger partial charge in [0.25, 0.3) is 0 Å². The van der Waals surface area contributed by atoms with Crippen molar-refractivity contribution in [2.24, 2.45) is 0 Å². The number of carbonyl (C=O) groups excluding carboxylic acids is 1. The number of ether oxygens (including phenoxy) is 1. The van der Waals surface area contributed by atoms with E-state index in [9.17, 15) is 4.79 Å². The summed E-state index contributed by atoms with van der Waals surface area (Å²) in [6, 6.07) is 5.37. The molecule has 0 unspecified atom stereocenters. The molecule has 0 aliphatic heterocycles. The van der Waals surface area contributed by atoms with Gasteiger partial charge in [0.2, 0.25) is 0 Å². The zero-order valence-electron chi connectivity index (χ0n) is 9.64. The maximum Gasteiger partial charge on any atom is 0.341 e. The van der Waals surface area contributed by atoms with Crippen molar-refractivity contribution in [1.29, 1.82) is 0 Å². The number of esters is 1. The Bertz CT molecular complexity index is 537. The molecule has 0 radical (unpaired) electrons. The molecule has 2 rings (SSSR count). The zero-order chi connectivity index (χ0) is 13.0. The Morgan fingerprint density at radius 2 is 2.39 bits per heavy atom. The molecule has 0 spiro atoms. The van der Waals surface area contributed by atoms with Crippen LogP contribution in [0, 0.1) is 0 Å². The molecule has 18 heavy (non-hydrogen) atoms. The lowest BCUT2D eigenvalue weighted by atomic mass is 10.3. The molecule has 2 aromatic heterocycles. The maximum absolute atomic E-state index is 11.2. The summed E-state index contributed by atoms with van der Waals surface area (Å²) in [5, 5.41) is 3.13. The van der Waals surface area contributed by atoms with E-state index >= 15 is 0 Å². The van der Waals surface area contributed by atoms with Crippen LogP contribution in [0.3, 0.4) is 0 Å². The number of aromatic nitrogens is 1. The Balaban J connectivity index is 1.96. The molecule has 0 saturated carbocycles. The molecule has 2 aromatic rings. The number of nitrogens with zero attached hydrogens (tertiary/aromatic N) is 1. The van der Waals surface area contributed by atoms with Crippen molar-refractivity contribution >= 4 is 27.6 Å². The lowest BCUT2D eigenvalue weighted by Gasteiger charge is -2.03. The molecule has 0 aliphatic rings. The normalized spacial score (nSPS) is 10.1. The molecular weight excluding hydrogens is 300 g/mol. The Hall–Kier alpha value is -1.82. The van der Waals surface area contributed by atoms with Gasteiger partial charge in [-0.25, -0.2) is 9.78 Å². The van der Waals surface area contributed by atoms with Gasteiger partial charge in [-0.3, -0.25) is 0 Å². The maximum atomic E-state index is 11.2. The van der Waals surface area contributed by atoms with Crippen molar-refractivity contribution in [1.82, 2.24) is 4.98 Å². The third-order valence-electron chi connectivity index (χ3n) is 2.27. The minimum absolute atomic E-state index is 0.406. The molecule has 0 aliphatic carbocycles. The smallest absolute Gasteiger partial charge is 0.341 e. The predicted octanol–water partition coefficient (Wildman–Crippen LogP) is 2.84. The van der Waals surface area contributed by atoms with Crippen LogP contribution in [0.1, 0.15) is 16.1 Å². The number of rotatable bonds is 4. The molecule has 1 N–H and O–H groups in total. The number of carbonyl (C=O) groups is 1. The van der Waals surface area contributed by atoms with Crippen LogP contribution in [0.2, 0.25) is 0 Å². The molecule has 6 heteroatoms. The van der Waals surface area contributed by atoms with E-state index in [4.69, 9.17) is 4.42 Å². The number of hydrogen-bond donors (Lipinski definition) is 1. The summed E-state index contributed by atoms with van der Waals surface area (Å²) in [6.45, 7) is 0.473. The Labute approximate surface area is 112 Å². The van der Waals surface area contributed by atoms with Crippen molar-refractivity contribution in [3.8, 4) is 0 Å². The number of pyridine rings is 1. The van der Waals surface area contributed by atoms with Gasteiger partial charge in [0, 0.05) is 0 Å². The Morgan fingerprint density at radius 1 is 1.56 bits per heavy atom. The second kappa shape index (κ2) is 5.68. The molecule has 2 heterocycles. The monoisotopic (exact) mass is 310 g/mol. The summed E-state index contributed by atoms with van der Waals surface area (Å²) >= 11 is 3.26. The number of methoxy groups -OCH3 is 1. The number of nitrogens with one attached hydrogen (secondary N) is 1. The van der Waals surface area contributed by atoms with E-state index in [0.717, 1.165) is 10.3 Å². The van der Waals surface area contributed by atoms with Gasteiger partial charge in [0.05, 0.1) is 31.1 Å². The number of halogens is 1. The minimum Gasteiger partial charge on any atom is -0.467 e. The summed E-state index contributed by atoms with van der Waals surface area (Å²) in [7, 11) is 1.33. The minimum atomic E-state index is -0.407. The largest absolute Gasteiger partial charge is 0.467 e. The fourth-order valence-electron chi connectivity index (χ4n) is 1.37. The SMILES string of the molecule is COC(=O)c1coc(CNc2ccc(Br)nc2)c1. The van der Waals surface area contributed by atoms with Gasteiger partial charge in [-0.05, 0) is 34.1 Å². The molecule has 0 aromatic carbocycles. The lowest BCUT2D eigenvalue weighted by molar-refractivity contribution is 0.0600. The first kappa shape index (κ1) is 12.6. The van der Waals surface area contributed by atoms with E-state index in [1.165, 1.54) is 13.4 Å². The zero-order valence-corrected chi connectivity index (χ0v) is 11.2. The average molecular weight is 311 g/mol. The van der Waals surface area contributed by atoms with E-state index in [1.54, 1.807) is 12.3 Å². The topological polar surface area (TPSA) is 64.4 Å². The molecule has 0 fully saturated rings. The van der Waals surface area contributed by atoms with Gasteiger partial charge in [0.15, 0.2) is 0 Å². The molecular formula is C12H11BrN2O3. The fourth-order valence-corrected chi connectivity index (χ4v) is 1.60. The molecule has 94 valence electrons. The first-order valence-electron chi connectivity index (χ1n) is 5.20. The number of hydrogen-bond acceptors (Lipinski definition) is 5. The van der Waals surface area contributed by atoms with Crippen LogP contribution in [0.15, 0.2) is 39.7 Å². The molecule has 0 bridgehead atoms. The highest BCUT2D eigenvalue weighted by Gasteiger charge is 2.09. The Kier molecular flexibility index (Phi) is 3.99. The van der Waals surface area contributed by atoms with Gasteiger partial charge < -0.3 is 14.5 Å². The summed E-state index contributed by atoms with van der Waals surface area (Å²) in [5.41, 5.74) is 1.28. The second-order valence-electron chi connectivity index (χ2n) is 3.52. The molecule has 0 atom stereocenters. The predicted molar refractivity (Wildman–Crippen MR) is 69.3 cm³/mol. The van der Waals surface area contributed by atoms with Crippen LogP contribution in [0.5, 0.6) is 0 Å². The third-order valence-corrected chi connectivity index (χ3v) is 2.74. The molecule has 5 nitrogen and oxygen atoms in total. The van der Waals surface area contributed by atoms with Crippen molar-refractivity contribution in [2.45, 2.75) is 6.54 Å². The highest BCUT2D eigenvalue weighted by atomic mass is 79.9. The van der Waals surface area contributed by atoms with Crippen LogP contribution in [-0.4, -0.2) is 18.1 Å². The van der Waals surface area contributed by atoms with E-state index < -0.39 is 5.97 Å². The van der Waals surface area contributed by atoms with Crippen molar-refractivity contribution in [3.63, 3.8) is 0 Å². The van der Waals surface area contributed by atoms with Gasteiger partial charge in [-0.1, -0.05) is 0 Å².